The van der Waals surface area contributed by atoms with Crippen molar-refractivity contribution in [1.29, 1.82) is 0 Å². The monoisotopic (exact) mass is 248 g/mol. The lowest BCUT2D eigenvalue weighted by Crippen LogP contribution is -2.11. The predicted molar refractivity (Wildman–Crippen MR) is 70.3 cm³/mol. The highest BCUT2D eigenvalue weighted by molar-refractivity contribution is 5.70. The van der Waals surface area contributed by atoms with Gasteiger partial charge in [0.2, 0.25) is 0 Å². The van der Waals surface area contributed by atoms with Crippen LogP contribution in [0.1, 0.15) is 44.7 Å². The maximum absolute atomic E-state index is 11.4. The van der Waals surface area contributed by atoms with Gasteiger partial charge in [-0.1, -0.05) is 25.3 Å². The van der Waals surface area contributed by atoms with E-state index in [1.54, 1.807) is 13.1 Å². The summed E-state index contributed by atoms with van der Waals surface area (Å²) in [5.74, 6) is 0.673. The first-order valence-electron chi connectivity index (χ1n) is 6.69. The number of allylic oxidation sites excluding steroid dienone is 1. The SMILES string of the molecule is CCOC(=O)n1cnc(/C=C/C2CCCCC2)c1. The summed E-state index contributed by atoms with van der Waals surface area (Å²) in [6.07, 6.45) is 13.6. The standard InChI is InChI=1S/C14H20N2O2/c1-2-18-14(17)16-10-13(15-11-16)9-8-12-6-4-3-5-7-12/h8-12H,2-7H2,1H3/b9-8+. The van der Waals surface area contributed by atoms with Crippen molar-refractivity contribution in [2.24, 2.45) is 5.92 Å². The highest BCUT2D eigenvalue weighted by atomic mass is 16.5. The maximum Gasteiger partial charge on any atom is 0.419 e. The quantitative estimate of drug-likeness (QED) is 0.822. The largest absolute Gasteiger partial charge is 0.449 e. The van der Waals surface area contributed by atoms with E-state index in [4.69, 9.17) is 4.74 Å². The average Bonchev–Trinajstić information content (AvgIpc) is 2.87. The Hall–Kier alpha value is -1.58. The molecule has 0 radical (unpaired) electrons. The molecule has 4 nitrogen and oxygen atoms in total. The van der Waals surface area contributed by atoms with Crippen LogP contribution in [0.25, 0.3) is 6.08 Å². The third kappa shape index (κ3) is 3.45. The number of hydrogen-bond donors (Lipinski definition) is 0. The molecular formula is C14H20N2O2. The van der Waals surface area contributed by atoms with Gasteiger partial charge in [-0.3, -0.25) is 0 Å². The summed E-state index contributed by atoms with van der Waals surface area (Å²) in [6, 6.07) is 0. The van der Waals surface area contributed by atoms with E-state index in [0.29, 0.717) is 12.5 Å². The molecule has 0 atom stereocenters. The second kappa shape index (κ2) is 6.38. The Bertz CT molecular complexity index is 417. The highest BCUT2D eigenvalue weighted by Crippen LogP contribution is 2.25. The summed E-state index contributed by atoms with van der Waals surface area (Å²) in [4.78, 5) is 15.6. The number of rotatable bonds is 3. The highest BCUT2D eigenvalue weighted by Gasteiger charge is 2.10. The third-order valence-electron chi connectivity index (χ3n) is 3.27. The van der Waals surface area contributed by atoms with Crippen LogP contribution >= 0.6 is 0 Å². The van der Waals surface area contributed by atoms with Gasteiger partial charge >= 0.3 is 6.09 Å². The van der Waals surface area contributed by atoms with Crippen LogP contribution < -0.4 is 0 Å². The van der Waals surface area contributed by atoms with E-state index in [9.17, 15) is 4.79 Å². The number of aromatic nitrogens is 2. The molecule has 1 saturated carbocycles. The molecule has 0 N–H and O–H groups in total. The molecule has 0 aliphatic heterocycles. The predicted octanol–water partition coefficient (Wildman–Crippen LogP) is 3.48. The van der Waals surface area contributed by atoms with E-state index >= 15 is 0 Å². The molecule has 0 bridgehead atoms. The Balaban J connectivity index is 1.93. The molecule has 0 unspecified atom stereocenters. The lowest BCUT2D eigenvalue weighted by Gasteiger charge is -2.17. The zero-order valence-corrected chi connectivity index (χ0v) is 10.8. The summed E-state index contributed by atoms with van der Waals surface area (Å²) >= 11 is 0. The van der Waals surface area contributed by atoms with E-state index in [-0.39, 0.29) is 6.09 Å². The first-order chi connectivity index (χ1) is 8.79. The van der Waals surface area contributed by atoms with Crippen LogP contribution in [0.3, 0.4) is 0 Å². The van der Waals surface area contributed by atoms with Gasteiger partial charge in [-0.25, -0.2) is 14.3 Å². The Morgan fingerprint density at radius 2 is 2.28 bits per heavy atom. The Morgan fingerprint density at radius 3 is 3.00 bits per heavy atom. The minimum Gasteiger partial charge on any atom is -0.449 e. The van der Waals surface area contributed by atoms with Crippen LogP contribution in [0.5, 0.6) is 0 Å². The van der Waals surface area contributed by atoms with Gasteiger partial charge in [0.1, 0.15) is 6.33 Å². The molecule has 0 saturated heterocycles. The smallest absolute Gasteiger partial charge is 0.419 e. The molecule has 0 amide bonds. The van der Waals surface area contributed by atoms with E-state index in [2.05, 4.69) is 11.1 Å². The zero-order chi connectivity index (χ0) is 12.8. The summed E-state index contributed by atoms with van der Waals surface area (Å²) in [7, 11) is 0. The van der Waals surface area contributed by atoms with Crippen molar-refractivity contribution in [3.63, 3.8) is 0 Å². The molecule has 1 aliphatic rings. The topological polar surface area (TPSA) is 44.1 Å². The van der Waals surface area contributed by atoms with Crippen LogP contribution in [0.4, 0.5) is 4.79 Å². The van der Waals surface area contributed by atoms with Crippen molar-refractivity contribution in [1.82, 2.24) is 9.55 Å². The number of imidazole rings is 1. The molecule has 4 heteroatoms. The van der Waals surface area contributed by atoms with Crippen LogP contribution in [0, 0.1) is 5.92 Å². The van der Waals surface area contributed by atoms with Gasteiger partial charge in [0.05, 0.1) is 12.3 Å². The Morgan fingerprint density at radius 1 is 1.50 bits per heavy atom. The van der Waals surface area contributed by atoms with Crippen LogP contribution in [0.15, 0.2) is 18.6 Å². The van der Waals surface area contributed by atoms with Crippen LogP contribution in [0.2, 0.25) is 0 Å². The van der Waals surface area contributed by atoms with Crippen molar-refractivity contribution in [2.45, 2.75) is 39.0 Å². The van der Waals surface area contributed by atoms with E-state index < -0.39 is 0 Å². The van der Waals surface area contributed by atoms with Gasteiger partial charge in [-0.05, 0) is 31.8 Å². The second-order valence-electron chi connectivity index (χ2n) is 4.66. The first-order valence-corrected chi connectivity index (χ1v) is 6.69. The number of carbonyl (C=O) groups excluding carboxylic acids is 1. The second-order valence-corrected chi connectivity index (χ2v) is 4.66. The molecule has 0 aromatic carbocycles. The zero-order valence-electron chi connectivity index (χ0n) is 10.8. The van der Waals surface area contributed by atoms with Crippen molar-refractivity contribution in [2.75, 3.05) is 6.61 Å². The lowest BCUT2D eigenvalue weighted by atomic mass is 9.89. The maximum atomic E-state index is 11.4. The van der Waals surface area contributed by atoms with Gasteiger partial charge in [0.15, 0.2) is 0 Å². The fraction of sp³-hybridized carbons (Fsp3) is 0.571. The molecule has 18 heavy (non-hydrogen) atoms. The summed E-state index contributed by atoms with van der Waals surface area (Å²) in [5.41, 5.74) is 0.814. The molecule has 1 heterocycles. The molecule has 1 aromatic heterocycles. The number of carbonyl (C=O) groups is 1. The molecular weight excluding hydrogens is 228 g/mol. The Kier molecular flexibility index (Phi) is 4.56. The van der Waals surface area contributed by atoms with Crippen molar-refractivity contribution >= 4 is 12.2 Å². The number of hydrogen-bond acceptors (Lipinski definition) is 3. The minimum atomic E-state index is -0.373. The normalized spacial score (nSPS) is 17.2. The van der Waals surface area contributed by atoms with E-state index in [1.807, 2.05) is 6.08 Å². The average molecular weight is 248 g/mol. The van der Waals surface area contributed by atoms with Gasteiger partial charge < -0.3 is 4.74 Å². The Labute approximate surface area is 108 Å². The third-order valence-corrected chi connectivity index (χ3v) is 3.27. The van der Waals surface area contributed by atoms with Gasteiger partial charge in [0, 0.05) is 6.20 Å². The first kappa shape index (κ1) is 12.9. The van der Waals surface area contributed by atoms with Crippen molar-refractivity contribution in [3.05, 3.63) is 24.3 Å². The fourth-order valence-electron chi connectivity index (χ4n) is 2.28. The van der Waals surface area contributed by atoms with Gasteiger partial charge in [-0.2, -0.15) is 0 Å². The molecule has 98 valence electrons. The molecule has 1 aromatic rings. The van der Waals surface area contributed by atoms with Gasteiger partial charge in [-0.15, -0.1) is 0 Å². The van der Waals surface area contributed by atoms with Crippen molar-refractivity contribution in [3.8, 4) is 0 Å². The minimum absolute atomic E-state index is 0.373. The van der Waals surface area contributed by atoms with E-state index in [1.165, 1.54) is 43.0 Å². The van der Waals surface area contributed by atoms with Gasteiger partial charge in [0.25, 0.3) is 0 Å². The van der Waals surface area contributed by atoms with Crippen molar-refractivity contribution < 1.29 is 9.53 Å². The molecule has 0 spiro atoms. The molecule has 2 rings (SSSR count). The number of ether oxygens (including phenoxy) is 1. The fourth-order valence-corrected chi connectivity index (χ4v) is 2.28. The number of nitrogens with zero attached hydrogens (tertiary/aromatic N) is 2. The molecule has 1 fully saturated rings. The lowest BCUT2D eigenvalue weighted by molar-refractivity contribution is 0.154. The molecule has 1 aliphatic carbocycles. The summed E-state index contributed by atoms with van der Waals surface area (Å²) in [6.45, 7) is 2.17. The summed E-state index contributed by atoms with van der Waals surface area (Å²) in [5, 5.41) is 0. The summed E-state index contributed by atoms with van der Waals surface area (Å²) < 4.78 is 6.27. The van der Waals surface area contributed by atoms with Crippen LogP contribution in [-0.4, -0.2) is 22.3 Å². The van der Waals surface area contributed by atoms with E-state index in [0.717, 1.165) is 5.69 Å². The van der Waals surface area contributed by atoms with Crippen LogP contribution in [-0.2, 0) is 4.74 Å².